The van der Waals surface area contributed by atoms with Gasteiger partial charge >= 0.3 is 0 Å². The maximum atomic E-state index is 14.0. The van der Waals surface area contributed by atoms with Crippen molar-refractivity contribution in [3.05, 3.63) is 82.9 Å². The summed E-state index contributed by atoms with van der Waals surface area (Å²) < 4.78 is 10.7. The van der Waals surface area contributed by atoms with E-state index in [1.165, 1.54) is 18.4 Å². The molecule has 5 aromatic rings. The molecule has 2 radical (unpaired) electrons. The van der Waals surface area contributed by atoms with Gasteiger partial charge in [0.15, 0.2) is 5.82 Å². The van der Waals surface area contributed by atoms with Gasteiger partial charge in [0.2, 0.25) is 0 Å². The number of imidazole rings is 1. The zero-order valence-electron chi connectivity index (χ0n) is 27.5. The van der Waals surface area contributed by atoms with Crippen LogP contribution >= 0.6 is 11.6 Å². The van der Waals surface area contributed by atoms with Crippen molar-refractivity contribution in [1.82, 2.24) is 23.9 Å². The zero-order valence-corrected chi connectivity index (χ0v) is 28.3. The minimum Gasteiger partial charge on any atom is -0.494 e. The number of carbonyl (C=O) groups excluding carboxylic acids is 2. The van der Waals surface area contributed by atoms with Crippen molar-refractivity contribution in [3.63, 3.8) is 0 Å². The van der Waals surface area contributed by atoms with E-state index in [-0.39, 0.29) is 29.7 Å². The maximum absolute atomic E-state index is 14.0. The molecule has 11 heteroatoms. The lowest BCUT2D eigenvalue weighted by molar-refractivity contribution is 0.0471. The second-order valence-corrected chi connectivity index (χ2v) is 15.0. The smallest absolute Gasteiger partial charge is 0.254 e. The average Bonchev–Trinajstić information content (AvgIpc) is 3.54. The number of fused-ring (bicyclic) bond motifs is 4. The van der Waals surface area contributed by atoms with Crippen LogP contribution < -0.4 is 10.5 Å². The van der Waals surface area contributed by atoms with Gasteiger partial charge in [-0.05, 0) is 80.0 Å². The molecular weight excluding hydrogens is 635 g/mol. The highest BCUT2D eigenvalue weighted by Crippen LogP contribution is 2.44. The van der Waals surface area contributed by atoms with E-state index >= 15 is 0 Å². The number of ether oxygens (including phenoxy) is 1. The van der Waals surface area contributed by atoms with Crippen LogP contribution in [0.2, 0.25) is 5.02 Å². The molecule has 2 aliphatic heterocycles. The number of halogens is 1. The number of nitrogens with two attached hydrogens (primary N) is 1. The van der Waals surface area contributed by atoms with E-state index in [2.05, 4.69) is 39.5 Å². The van der Waals surface area contributed by atoms with Crippen LogP contribution in [0.3, 0.4) is 0 Å². The summed E-state index contributed by atoms with van der Waals surface area (Å²) in [4.78, 5) is 36.3. The standard InChI is InChI=1S/C38H38BClN6O3/c1-49-32-16-26(37(48)45-21-27-11-12-33(45)38(27,39)41)14-29-34(32)46(20-23-17-43(18-23)36(47)25-6-4-7-28(40)13-25)35(42-29)31-15-24-5-2-3-8-30(24)44(31)19-22-9-10-22/h2-8,13-16,22-23,27,33H,9-12,17-21,41H2,1H3. The summed E-state index contributed by atoms with van der Waals surface area (Å²) in [5.41, 5.74) is 10.5. The quantitative estimate of drug-likeness (QED) is 0.218. The molecule has 0 spiro atoms. The van der Waals surface area contributed by atoms with Crippen molar-refractivity contribution < 1.29 is 14.3 Å². The first-order valence-electron chi connectivity index (χ1n) is 17.3. The van der Waals surface area contributed by atoms with Gasteiger partial charge in [0.25, 0.3) is 11.8 Å². The van der Waals surface area contributed by atoms with Crippen LogP contribution in [0, 0.1) is 17.8 Å². The molecule has 49 heavy (non-hydrogen) atoms. The molecule has 3 unspecified atom stereocenters. The molecule has 2 aliphatic carbocycles. The second kappa shape index (κ2) is 11.4. The predicted molar refractivity (Wildman–Crippen MR) is 191 cm³/mol. The molecule has 3 atom stereocenters. The Morgan fingerprint density at radius 2 is 1.71 bits per heavy atom. The van der Waals surface area contributed by atoms with Gasteiger partial charge in [-0.25, -0.2) is 4.98 Å². The number of methoxy groups -OCH3 is 1. The molecule has 9 rings (SSSR count). The molecule has 2 aromatic heterocycles. The molecule has 4 heterocycles. The Labute approximate surface area is 291 Å². The van der Waals surface area contributed by atoms with Crippen LogP contribution in [-0.2, 0) is 13.1 Å². The normalized spacial score (nSPS) is 23.5. The van der Waals surface area contributed by atoms with Crippen molar-refractivity contribution in [2.45, 2.75) is 50.3 Å². The van der Waals surface area contributed by atoms with E-state index < -0.39 is 5.44 Å². The first-order valence-corrected chi connectivity index (χ1v) is 17.7. The average molecular weight is 673 g/mol. The SMILES string of the molecule is [B]C1(N)C2CCC1N(C(=O)c1cc(OC)c3c(c1)nc(-c1cc4ccccc4n1CC1CC1)n3CC1CN(C(=O)c3cccc(Cl)c3)C1)C2. The molecule has 3 aromatic carbocycles. The second-order valence-electron chi connectivity index (χ2n) is 14.6. The number of rotatable bonds is 8. The van der Waals surface area contributed by atoms with Gasteiger partial charge in [-0.15, -0.1) is 0 Å². The van der Waals surface area contributed by atoms with Gasteiger partial charge in [-0.1, -0.05) is 35.9 Å². The van der Waals surface area contributed by atoms with Gasteiger partial charge in [0.1, 0.15) is 11.3 Å². The van der Waals surface area contributed by atoms with Crippen LogP contribution in [0.5, 0.6) is 5.75 Å². The minimum atomic E-state index is -0.863. The van der Waals surface area contributed by atoms with Gasteiger partial charge in [-0.2, -0.15) is 0 Å². The van der Waals surface area contributed by atoms with Crippen LogP contribution in [0.25, 0.3) is 33.5 Å². The Morgan fingerprint density at radius 1 is 0.918 bits per heavy atom. The Kier molecular flexibility index (Phi) is 7.15. The molecule has 4 fully saturated rings. The number of piperidine rings is 1. The van der Waals surface area contributed by atoms with Crippen molar-refractivity contribution in [3.8, 4) is 17.3 Å². The lowest BCUT2D eigenvalue weighted by Gasteiger charge is -2.40. The highest BCUT2D eigenvalue weighted by molar-refractivity contribution is 6.31. The third-order valence-electron chi connectivity index (χ3n) is 11.3. The first-order chi connectivity index (χ1) is 23.7. The zero-order chi connectivity index (χ0) is 33.6. The van der Waals surface area contributed by atoms with Gasteiger partial charge in [0, 0.05) is 77.2 Å². The fourth-order valence-corrected chi connectivity index (χ4v) is 8.70. The van der Waals surface area contributed by atoms with E-state index in [1.807, 2.05) is 21.9 Å². The summed E-state index contributed by atoms with van der Waals surface area (Å²) >= 11 is 6.18. The Hall–Kier alpha value is -4.28. The monoisotopic (exact) mass is 672 g/mol. The number of amides is 2. The topological polar surface area (TPSA) is 98.6 Å². The third-order valence-corrected chi connectivity index (χ3v) is 11.6. The number of carbonyl (C=O) groups is 2. The summed E-state index contributed by atoms with van der Waals surface area (Å²) in [6, 6.07) is 21.4. The molecule has 9 nitrogen and oxygen atoms in total. The molecule has 2 bridgehead atoms. The highest BCUT2D eigenvalue weighted by Gasteiger charge is 2.54. The molecule has 2 saturated heterocycles. The maximum Gasteiger partial charge on any atom is 0.254 e. The van der Waals surface area contributed by atoms with Crippen LogP contribution in [0.15, 0.2) is 66.7 Å². The van der Waals surface area contributed by atoms with Crippen molar-refractivity contribution in [1.29, 1.82) is 0 Å². The van der Waals surface area contributed by atoms with E-state index in [0.29, 0.717) is 59.5 Å². The highest BCUT2D eigenvalue weighted by atomic mass is 35.5. The van der Waals surface area contributed by atoms with Gasteiger partial charge < -0.3 is 29.4 Å². The number of likely N-dealkylation sites (tertiary alicyclic amines) is 2. The van der Waals surface area contributed by atoms with Gasteiger partial charge in [0.05, 0.1) is 26.2 Å². The van der Waals surface area contributed by atoms with Crippen molar-refractivity contribution >= 4 is 53.2 Å². The van der Waals surface area contributed by atoms with Crippen LogP contribution in [-0.4, -0.2) is 81.8 Å². The largest absolute Gasteiger partial charge is 0.494 e. The summed E-state index contributed by atoms with van der Waals surface area (Å²) in [5, 5.41) is 1.71. The number of para-hydroxylation sites is 1. The number of hydrogen-bond acceptors (Lipinski definition) is 5. The first kappa shape index (κ1) is 30.8. The fraction of sp³-hybridized carbons (Fsp3) is 0.395. The Bertz CT molecular complexity index is 2150. The lowest BCUT2D eigenvalue weighted by atomic mass is 9.71. The third kappa shape index (κ3) is 5.05. The minimum absolute atomic E-state index is 0.0191. The van der Waals surface area contributed by atoms with Crippen molar-refractivity contribution in [2.75, 3.05) is 26.7 Å². The number of nitrogens with zero attached hydrogens (tertiary/aromatic N) is 5. The molecule has 2 saturated carbocycles. The van der Waals surface area contributed by atoms with Crippen LogP contribution in [0.4, 0.5) is 0 Å². The number of aromatic nitrogens is 3. The van der Waals surface area contributed by atoms with E-state index in [1.54, 1.807) is 31.4 Å². The lowest BCUT2D eigenvalue weighted by Crippen LogP contribution is -2.52. The Morgan fingerprint density at radius 3 is 2.43 bits per heavy atom. The van der Waals surface area contributed by atoms with E-state index in [4.69, 9.17) is 34.9 Å². The van der Waals surface area contributed by atoms with Gasteiger partial charge in [-0.3, -0.25) is 9.59 Å². The number of hydrogen-bond donors (Lipinski definition) is 1. The fourth-order valence-electron chi connectivity index (χ4n) is 8.51. The Balaban J connectivity index is 1.12. The van der Waals surface area contributed by atoms with Crippen molar-refractivity contribution in [2.24, 2.45) is 23.5 Å². The summed E-state index contributed by atoms with van der Waals surface area (Å²) in [7, 11) is 8.14. The summed E-state index contributed by atoms with van der Waals surface area (Å²) in [6.07, 6.45) is 4.21. The van der Waals surface area contributed by atoms with E-state index in [0.717, 1.165) is 41.8 Å². The molecule has 4 aliphatic rings. The molecular formula is C38H38BClN6O3. The molecule has 2 N–H and O–H groups in total. The number of benzene rings is 3. The molecule has 248 valence electrons. The summed E-state index contributed by atoms with van der Waals surface area (Å²) in [5.74, 6) is 2.25. The van der Waals surface area contributed by atoms with E-state index in [9.17, 15) is 9.59 Å². The predicted octanol–water partition coefficient (Wildman–Crippen LogP) is 5.56. The van der Waals surface area contributed by atoms with Crippen LogP contribution in [0.1, 0.15) is 46.4 Å². The summed E-state index contributed by atoms with van der Waals surface area (Å²) in [6.45, 7) is 3.36. The molecule has 2 amide bonds.